The van der Waals surface area contributed by atoms with Gasteiger partial charge in [0, 0.05) is 23.6 Å². The molecule has 0 saturated heterocycles. The highest BCUT2D eigenvalue weighted by Crippen LogP contribution is 2.25. The summed E-state index contributed by atoms with van der Waals surface area (Å²) < 4.78 is 2.09. The average Bonchev–Trinajstić information content (AvgIpc) is 2.62. The zero-order chi connectivity index (χ0) is 13.3. The van der Waals surface area contributed by atoms with Gasteiger partial charge in [0.05, 0.1) is 5.56 Å². The van der Waals surface area contributed by atoms with Crippen molar-refractivity contribution in [2.24, 2.45) is 5.73 Å². The van der Waals surface area contributed by atoms with E-state index in [1.165, 1.54) is 5.56 Å². The first-order valence-corrected chi connectivity index (χ1v) is 6.08. The third kappa shape index (κ3) is 2.11. The number of rotatable bonds is 4. The molecule has 1 aromatic heterocycles. The van der Waals surface area contributed by atoms with Crippen molar-refractivity contribution < 1.29 is 9.90 Å². The highest BCUT2D eigenvalue weighted by Gasteiger charge is 2.12. The van der Waals surface area contributed by atoms with Gasteiger partial charge >= 0.3 is 5.97 Å². The molecule has 0 aliphatic rings. The Hall–Kier alpha value is -1.81. The molecule has 0 fully saturated rings. The maximum atomic E-state index is 11.2. The minimum absolute atomic E-state index is 0.370. The smallest absolute Gasteiger partial charge is 0.336 e. The average molecular weight is 246 g/mol. The summed E-state index contributed by atoms with van der Waals surface area (Å²) >= 11 is 0. The topological polar surface area (TPSA) is 68.2 Å². The van der Waals surface area contributed by atoms with Crippen molar-refractivity contribution in [3.05, 3.63) is 35.0 Å². The van der Waals surface area contributed by atoms with Gasteiger partial charge in [-0.1, -0.05) is 0 Å². The fraction of sp³-hybridized carbons (Fsp3) is 0.357. The molecular weight excluding hydrogens is 228 g/mol. The third-order valence-corrected chi connectivity index (χ3v) is 3.26. The predicted octanol–water partition coefficient (Wildman–Crippen LogP) is 2.31. The molecule has 1 heterocycles. The number of carboxylic acid groups (broad SMARTS) is 1. The largest absolute Gasteiger partial charge is 0.478 e. The Bertz CT molecular complexity index is 599. The van der Waals surface area contributed by atoms with E-state index in [0.29, 0.717) is 12.1 Å². The second-order valence-corrected chi connectivity index (χ2v) is 4.64. The van der Waals surface area contributed by atoms with Crippen LogP contribution >= 0.6 is 0 Å². The number of hydrogen-bond acceptors (Lipinski definition) is 2. The number of aromatic carboxylic acids is 1. The zero-order valence-corrected chi connectivity index (χ0v) is 10.7. The van der Waals surface area contributed by atoms with E-state index in [4.69, 9.17) is 10.8 Å². The molecule has 1 aromatic carbocycles. The monoisotopic (exact) mass is 246 g/mol. The van der Waals surface area contributed by atoms with Crippen molar-refractivity contribution in [2.75, 3.05) is 6.54 Å². The van der Waals surface area contributed by atoms with E-state index < -0.39 is 5.97 Å². The number of benzene rings is 1. The van der Waals surface area contributed by atoms with E-state index in [0.717, 1.165) is 29.4 Å². The fourth-order valence-electron chi connectivity index (χ4n) is 2.30. The lowest BCUT2D eigenvalue weighted by Gasteiger charge is -2.06. The molecule has 0 unspecified atom stereocenters. The van der Waals surface area contributed by atoms with Crippen LogP contribution in [-0.2, 0) is 6.54 Å². The molecule has 0 saturated carbocycles. The summed E-state index contributed by atoms with van der Waals surface area (Å²) in [6, 6.07) is 3.71. The van der Waals surface area contributed by atoms with Crippen molar-refractivity contribution in [3.63, 3.8) is 0 Å². The van der Waals surface area contributed by atoms with E-state index in [-0.39, 0.29) is 0 Å². The molecule has 0 amide bonds. The van der Waals surface area contributed by atoms with E-state index >= 15 is 0 Å². The van der Waals surface area contributed by atoms with Gasteiger partial charge in [0.25, 0.3) is 0 Å². The van der Waals surface area contributed by atoms with E-state index in [1.807, 2.05) is 19.9 Å². The molecule has 18 heavy (non-hydrogen) atoms. The Labute approximate surface area is 106 Å². The summed E-state index contributed by atoms with van der Waals surface area (Å²) in [6.07, 6.45) is 2.95. The number of nitrogens with two attached hydrogens (primary N) is 1. The molecule has 0 atom stereocenters. The van der Waals surface area contributed by atoms with Gasteiger partial charge in [0.15, 0.2) is 0 Å². The normalized spacial score (nSPS) is 11.1. The molecule has 0 aliphatic heterocycles. The van der Waals surface area contributed by atoms with Crippen molar-refractivity contribution in [2.45, 2.75) is 26.8 Å². The number of fused-ring (bicyclic) bond motifs is 1. The number of hydrogen-bond donors (Lipinski definition) is 2. The van der Waals surface area contributed by atoms with Gasteiger partial charge in [-0.05, 0) is 50.1 Å². The van der Waals surface area contributed by atoms with Crippen LogP contribution in [0.3, 0.4) is 0 Å². The van der Waals surface area contributed by atoms with Crippen LogP contribution in [0, 0.1) is 13.8 Å². The van der Waals surface area contributed by atoms with Gasteiger partial charge in [-0.25, -0.2) is 4.79 Å². The van der Waals surface area contributed by atoms with Gasteiger partial charge in [-0.15, -0.1) is 0 Å². The van der Waals surface area contributed by atoms with E-state index in [1.54, 1.807) is 6.07 Å². The molecule has 96 valence electrons. The molecule has 4 heteroatoms. The fourth-order valence-corrected chi connectivity index (χ4v) is 2.30. The van der Waals surface area contributed by atoms with Crippen molar-refractivity contribution in [3.8, 4) is 0 Å². The summed E-state index contributed by atoms with van der Waals surface area (Å²) in [5.41, 5.74) is 8.84. The summed E-state index contributed by atoms with van der Waals surface area (Å²) in [5.74, 6) is -0.876. The number of aromatic nitrogens is 1. The Morgan fingerprint density at radius 2 is 2.06 bits per heavy atom. The molecule has 0 aliphatic carbocycles. The summed E-state index contributed by atoms with van der Waals surface area (Å²) in [6.45, 7) is 5.33. The number of carboxylic acids is 1. The Morgan fingerprint density at radius 1 is 1.33 bits per heavy atom. The first kappa shape index (κ1) is 12.6. The minimum atomic E-state index is -0.876. The van der Waals surface area contributed by atoms with Crippen LogP contribution in [-0.4, -0.2) is 22.2 Å². The number of aryl methyl sites for hydroxylation is 3. The molecule has 3 N–H and O–H groups in total. The van der Waals surface area contributed by atoms with Crippen LogP contribution in [0.4, 0.5) is 0 Å². The summed E-state index contributed by atoms with van der Waals surface area (Å²) in [4.78, 5) is 11.2. The van der Waals surface area contributed by atoms with Gasteiger partial charge in [0.2, 0.25) is 0 Å². The second-order valence-electron chi connectivity index (χ2n) is 4.64. The van der Waals surface area contributed by atoms with Crippen LogP contribution in [0.2, 0.25) is 0 Å². The molecule has 0 radical (unpaired) electrons. The first-order chi connectivity index (χ1) is 8.54. The van der Waals surface area contributed by atoms with Crippen molar-refractivity contribution >= 4 is 16.9 Å². The van der Waals surface area contributed by atoms with Crippen molar-refractivity contribution in [1.29, 1.82) is 0 Å². The Morgan fingerprint density at radius 3 is 2.67 bits per heavy atom. The quantitative estimate of drug-likeness (QED) is 0.869. The lowest BCUT2D eigenvalue weighted by molar-refractivity contribution is 0.0696. The van der Waals surface area contributed by atoms with Crippen LogP contribution in [0.15, 0.2) is 18.3 Å². The van der Waals surface area contributed by atoms with Crippen LogP contribution in [0.5, 0.6) is 0 Å². The molecule has 4 nitrogen and oxygen atoms in total. The van der Waals surface area contributed by atoms with Crippen molar-refractivity contribution in [1.82, 2.24) is 4.57 Å². The van der Waals surface area contributed by atoms with Gasteiger partial charge in [0.1, 0.15) is 0 Å². The zero-order valence-electron chi connectivity index (χ0n) is 10.7. The second kappa shape index (κ2) is 4.82. The number of nitrogens with zero attached hydrogens (tertiary/aromatic N) is 1. The summed E-state index contributed by atoms with van der Waals surface area (Å²) in [7, 11) is 0. The predicted molar refractivity (Wildman–Crippen MR) is 72.0 cm³/mol. The molecule has 0 bridgehead atoms. The highest BCUT2D eigenvalue weighted by atomic mass is 16.4. The van der Waals surface area contributed by atoms with Gasteiger partial charge in [-0.3, -0.25) is 0 Å². The number of carbonyl (C=O) groups is 1. The highest BCUT2D eigenvalue weighted by molar-refractivity contribution is 5.96. The SMILES string of the molecule is Cc1cc2c(C)cn(CCCN)c2cc1C(=O)O. The third-order valence-electron chi connectivity index (χ3n) is 3.26. The summed E-state index contributed by atoms with van der Waals surface area (Å²) in [5, 5.41) is 10.3. The van der Waals surface area contributed by atoms with Crippen LogP contribution in [0.1, 0.15) is 27.9 Å². The Kier molecular flexibility index (Phi) is 3.39. The standard InChI is InChI=1S/C14H18N2O2/c1-9-6-11-10(2)8-16(5-3-4-15)13(11)7-12(9)14(17)18/h6-8H,3-5,15H2,1-2H3,(H,17,18). The van der Waals surface area contributed by atoms with Crippen LogP contribution < -0.4 is 5.73 Å². The van der Waals surface area contributed by atoms with Crippen LogP contribution in [0.25, 0.3) is 10.9 Å². The lowest BCUT2D eigenvalue weighted by Crippen LogP contribution is -2.05. The Balaban J connectivity index is 2.60. The van der Waals surface area contributed by atoms with E-state index in [2.05, 4.69) is 10.8 Å². The first-order valence-electron chi connectivity index (χ1n) is 6.08. The van der Waals surface area contributed by atoms with E-state index in [9.17, 15) is 4.79 Å². The molecular formula is C14H18N2O2. The maximum Gasteiger partial charge on any atom is 0.336 e. The molecule has 0 spiro atoms. The minimum Gasteiger partial charge on any atom is -0.478 e. The molecule has 2 aromatic rings. The van der Waals surface area contributed by atoms with Gasteiger partial charge in [-0.2, -0.15) is 0 Å². The van der Waals surface area contributed by atoms with Gasteiger partial charge < -0.3 is 15.4 Å². The maximum absolute atomic E-state index is 11.2. The molecule has 2 rings (SSSR count). The lowest BCUT2D eigenvalue weighted by atomic mass is 10.0.